The summed E-state index contributed by atoms with van der Waals surface area (Å²) in [5.74, 6) is -0.109. The van der Waals surface area contributed by atoms with Crippen molar-refractivity contribution in [3.63, 3.8) is 0 Å². The molecule has 2 aromatic rings. The van der Waals surface area contributed by atoms with Crippen LogP contribution >= 0.6 is 11.6 Å². The second-order valence-corrected chi connectivity index (χ2v) is 5.12. The van der Waals surface area contributed by atoms with Crippen molar-refractivity contribution >= 4 is 29.1 Å². The highest BCUT2D eigenvalue weighted by molar-refractivity contribution is 6.34. The molecule has 22 heavy (non-hydrogen) atoms. The number of nitrogens with one attached hydrogen (secondary N) is 2. The number of carbonyl (C=O) groups is 2. The van der Waals surface area contributed by atoms with E-state index in [1.807, 2.05) is 6.92 Å². The minimum atomic E-state index is -0.596. The van der Waals surface area contributed by atoms with Gasteiger partial charge in [-0.3, -0.25) is 9.59 Å². The lowest BCUT2D eigenvalue weighted by atomic mass is 10.2. The third kappa shape index (κ3) is 4.02. The van der Waals surface area contributed by atoms with E-state index < -0.39 is 5.91 Å². The number of halogens is 1. The quantitative estimate of drug-likeness (QED) is 0.760. The highest BCUT2D eigenvalue weighted by atomic mass is 35.5. The topological polar surface area (TPSA) is 97.4 Å². The minimum absolute atomic E-state index is 0.0668. The molecule has 0 saturated carbocycles. The summed E-state index contributed by atoms with van der Waals surface area (Å²) in [6.45, 7) is 1.90. The molecule has 2 rings (SSSR count). The third-order valence-electron chi connectivity index (χ3n) is 3.04. The molecule has 0 radical (unpaired) electrons. The summed E-state index contributed by atoms with van der Waals surface area (Å²) in [6, 6.07) is 8.03. The lowest BCUT2D eigenvalue weighted by molar-refractivity contribution is -0.120. The molecule has 116 valence electrons. The molecule has 7 heteroatoms. The molecular weight excluding hydrogens is 306 g/mol. The van der Waals surface area contributed by atoms with Crippen molar-refractivity contribution < 1.29 is 14.0 Å². The fourth-order valence-corrected chi connectivity index (χ4v) is 2.18. The van der Waals surface area contributed by atoms with Gasteiger partial charge < -0.3 is 20.8 Å². The van der Waals surface area contributed by atoms with Gasteiger partial charge in [0.1, 0.15) is 5.76 Å². The van der Waals surface area contributed by atoms with E-state index in [1.54, 1.807) is 30.5 Å². The molecule has 1 aromatic heterocycles. The van der Waals surface area contributed by atoms with Crippen LogP contribution in [0, 0.1) is 0 Å². The normalized spacial score (nSPS) is 11.7. The van der Waals surface area contributed by atoms with Crippen LogP contribution in [0.4, 0.5) is 5.69 Å². The van der Waals surface area contributed by atoms with Crippen LogP contribution in [0.15, 0.2) is 41.0 Å². The molecule has 0 aliphatic carbocycles. The van der Waals surface area contributed by atoms with Gasteiger partial charge in [0.2, 0.25) is 11.8 Å². The highest BCUT2D eigenvalue weighted by Crippen LogP contribution is 2.20. The van der Waals surface area contributed by atoms with Gasteiger partial charge >= 0.3 is 0 Å². The van der Waals surface area contributed by atoms with Gasteiger partial charge in [-0.2, -0.15) is 0 Å². The van der Waals surface area contributed by atoms with Crippen molar-refractivity contribution in [2.45, 2.75) is 13.0 Å². The zero-order valence-corrected chi connectivity index (χ0v) is 12.7. The predicted octanol–water partition coefficient (Wildman–Crippen LogP) is 2.32. The largest absolute Gasteiger partial charge is 0.467 e. The molecule has 0 spiro atoms. The van der Waals surface area contributed by atoms with E-state index in [-0.39, 0.29) is 29.1 Å². The Balaban J connectivity index is 1.88. The fourth-order valence-electron chi connectivity index (χ4n) is 1.91. The Bertz CT molecular complexity index is 671. The smallest absolute Gasteiger partial charge is 0.250 e. The number of carbonyl (C=O) groups excluding carboxylic acids is 2. The Kier molecular flexibility index (Phi) is 5.06. The first kappa shape index (κ1) is 15.9. The predicted molar refractivity (Wildman–Crippen MR) is 83.7 cm³/mol. The summed E-state index contributed by atoms with van der Waals surface area (Å²) in [5.41, 5.74) is 6.03. The van der Waals surface area contributed by atoms with E-state index in [9.17, 15) is 9.59 Å². The highest BCUT2D eigenvalue weighted by Gasteiger charge is 2.12. The first-order chi connectivity index (χ1) is 10.5. The molecule has 1 aromatic carbocycles. The molecular formula is C15H16ClN3O3. The third-order valence-corrected chi connectivity index (χ3v) is 3.35. The summed E-state index contributed by atoms with van der Waals surface area (Å²) in [7, 11) is 0. The van der Waals surface area contributed by atoms with Crippen molar-refractivity contribution in [2.75, 3.05) is 11.9 Å². The average molecular weight is 322 g/mol. The van der Waals surface area contributed by atoms with Crippen molar-refractivity contribution in [1.82, 2.24) is 5.32 Å². The number of furan rings is 1. The Morgan fingerprint density at radius 2 is 2.14 bits per heavy atom. The van der Waals surface area contributed by atoms with Gasteiger partial charge in [-0.15, -0.1) is 0 Å². The first-order valence-corrected chi connectivity index (χ1v) is 7.01. The summed E-state index contributed by atoms with van der Waals surface area (Å²) >= 11 is 5.94. The van der Waals surface area contributed by atoms with Crippen LogP contribution in [0.5, 0.6) is 0 Å². The molecule has 4 N–H and O–H groups in total. The van der Waals surface area contributed by atoms with Gasteiger partial charge in [-0.25, -0.2) is 0 Å². The number of amides is 2. The van der Waals surface area contributed by atoms with Gasteiger partial charge in [0.25, 0.3) is 0 Å². The van der Waals surface area contributed by atoms with Crippen LogP contribution < -0.4 is 16.4 Å². The van der Waals surface area contributed by atoms with Crippen molar-refractivity contribution in [3.8, 4) is 0 Å². The van der Waals surface area contributed by atoms with E-state index in [4.69, 9.17) is 21.8 Å². The fraction of sp³-hybridized carbons (Fsp3) is 0.200. The lowest BCUT2D eigenvalue weighted by Crippen LogP contribution is -2.31. The van der Waals surface area contributed by atoms with E-state index >= 15 is 0 Å². The standard InChI is InChI=1S/C15H16ClN3O3/c1-9(13-3-2-6-22-13)19-14(20)8-18-10-4-5-11(15(17)21)12(16)7-10/h2-7,9,18H,8H2,1H3,(H2,17,21)(H,19,20)/t9-/m1/s1. The molecule has 0 fully saturated rings. The molecule has 1 heterocycles. The molecule has 2 amide bonds. The number of rotatable bonds is 6. The minimum Gasteiger partial charge on any atom is -0.467 e. The number of anilines is 1. The summed E-state index contributed by atoms with van der Waals surface area (Å²) < 4.78 is 5.21. The zero-order valence-electron chi connectivity index (χ0n) is 11.9. The Hall–Kier alpha value is -2.47. The van der Waals surface area contributed by atoms with Crippen LogP contribution in [0.1, 0.15) is 29.1 Å². The molecule has 0 unspecified atom stereocenters. The van der Waals surface area contributed by atoms with Gasteiger partial charge in [-0.05, 0) is 37.3 Å². The maximum absolute atomic E-state index is 11.9. The van der Waals surface area contributed by atoms with E-state index in [0.29, 0.717) is 11.4 Å². The maximum Gasteiger partial charge on any atom is 0.250 e. The number of benzene rings is 1. The zero-order chi connectivity index (χ0) is 16.1. The van der Waals surface area contributed by atoms with Crippen LogP contribution in [-0.4, -0.2) is 18.4 Å². The van der Waals surface area contributed by atoms with Gasteiger partial charge in [0.05, 0.1) is 29.4 Å². The Morgan fingerprint density at radius 1 is 1.36 bits per heavy atom. The molecule has 0 aliphatic rings. The molecule has 0 saturated heterocycles. The molecule has 0 bridgehead atoms. The van der Waals surface area contributed by atoms with Crippen molar-refractivity contribution in [1.29, 1.82) is 0 Å². The van der Waals surface area contributed by atoms with Crippen LogP contribution in [0.2, 0.25) is 5.02 Å². The SMILES string of the molecule is C[C@@H](NC(=O)CNc1ccc(C(N)=O)c(Cl)c1)c1ccco1. The van der Waals surface area contributed by atoms with E-state index in [2.05, 4.69) is 10.6 Å². The molecule has 0 aliphatic heterocycles. The van der Waals surface area contributed by atoms with Gasteiger partial charge in [0, 0.05) is 5.69 Å². The van der Waals surface area contributed by atoms with Crippen molar-refractivity contribution in [3.05, 3.63) is 52.9 Å². The average Bonchev–Trinajstić information content (AvgIpc) is 2.99. The summed E-state index contributed by atoms with van der Waals surface area (Å²) in [5, 5.41) is 5.96. The number of hydrogen-bond acceptors (Lipinski definition) is 4. The van der Waals surface area contributed by atoms with Crippen molar-refractivity contribution in [2.24, 2.45) is 5.73 Å². The molecule has 1 atom stereocenters. The number of nitrogens with two attached hydrogens (primary N) is 1. The summed E-state index contributed by atoms with van der Waals surface area (Å²) in [4.78, 5) is 22.9. The summed E-state index contributed by atoms with van der Waals surface area (Å²) in [6.07, 6.45) is 1.55. The van der Waals surface area contributed by atoms with Gasteiger partial charge in [-0.1, -0.05) is 11.6 Å². The Morgan fingerprint density at radius 3 is 2.73 bits per heavy atom. The van der Waals surface area contributed by atoms with Crippen LogP contribution in [-0.2, 0) is 4.79 Å². The maximum atomic E-state index is 11.9. The first-order valence-electron chi connectivity index (χ1n) is 6.63. The molecule has 6 nitrogen and oxygen atoms in total. The monoisotopic (exact) mass is 321 g/mol. The van der Waals surface area contributed by atoms with E-state index in [0.717, 1.165) is 0 Å². The second kappa shape index (κ2) is 7.00. The van der Waals surface area contributed by atoms with E-state index in [1.165, 1.54) is 6.07 Å². The number of primary amides is 1. The second-order valence-electron chi connectivity index (χ2n) is 4.72. The van der Waals surface area contributed by atoms with Crippen LogP contribution in [0.3, 0.4) is 0 Å². The number of hydrogen-bond donors (Lipinski definition) is 3. The van der Waals surface area contributed by atoms with Gasteiger partial charge in [0.15, 0.2) is 0 Å². The Labute approximate surface area is 132 Å². The van der Waals surface area contributed by atoms with Crippen LogP contribution in [0.25, 0.3) is 0 Å². The lowest BCUT2D eigenvalue weighted by Gasteiger charge is -2.13.